The van der Waals surface area contributed by atoms with Gasteiger partial charge in [-0.25, -0.2) is 0 Å². The number of nitrogens with zero attached hydrogens (tertiary/aromatic N) is 2. The molecule has 0 aliphatic heterocycles. The zero-order chi connectivity index (χ0) is 17.8. The van der Waals surface area contributed by atoms with Gasteiger partial charge < -0.3 is 20.3 Å². The summed E-state index contributed by atoms with van der Waals surface area (Å²) in [7, 11) is 5.95. The van der Waals surface area contributed by atoms with Crippen LogP contribution in [-0.4, -0.2) is 51.8 Å². The van der Waals surface area contributed by atoms with E-state index >= 15 is 0 Å². The van der Waals surface area contributed by atoms with Crippen molar-refractivity contribution in [2.75, 3.05) is 40.9 Å². The molecule has 0 saturated heterocycles. The van der Waals surface area contributed by atoms with Crippen molar-refractivity contribution in [1.82, 2.24) is 15.5 Å². The van der Waals surface area contributed by atoms with Gasteiger partial charge in [0.15, 0.2) is 5.96 Å². The second kappa shape index (κ2) is 11.9. The number of aliphatic imine (C=N–C) groups is 1. The van der Waals surface area contributed by atoms with Crippen LogP contribution in [-0.2, 0) is 17.8 Å². The molecule has 0 aliphatic rings. The van der Waals surface area contributed by atoms with Gasteiger partial charge in [-0.3, -0.25) is 4.99 Å². The molecule has 0 heterocycles. The van der Waals surface area contributed by atoms with E-state index in [9.17, 15) is 0 Å². The molecule has 1 aromatic carbocycles. The van der Waals surface area contributed by atoms with E-state index < -0.39 is 0 Å². The lowest BCUT2D eigenvalue weighted by atomic mass is 10.1. The lowest BCUT2D eigenvalue weighted by Crippen LogP contribution is -2.38. The molecular formula is C19H34N4O. The van der Waals surface area contributed by atoms with Crippen LogP contribution in [0.2, 0.25) is 0 Å². The van der Waals surface area contributed by atoms with Crippen molar-refractivity contribution in [2.45, 2.75) is 33.4 Å². The number of nitrogens with one attached hydrogen (secondary N) is 2. The molecule has 1 rings (SSSR count). The maximum atomic E-state index is 5.60. The predicted molar refractivity (Wildman–Crippen MR) is 102 cm³/mol. The van der Waals surface area contributed by atoms with E-state index in [1.807, 2.05) is 0 Å². The fourth-order valence-corrected chi connectivity index (χ4v) is 2.20. The zero-order valence-corrected chi connectivity index (χ0v) is 15.9. The first kappa shape index (κ1) is 20.5. The minimum atomic E-state index is 0.691. The second-order valence-corrected chi connectivity index (χ2v) is 6.70. The smallest absolute Gasteiger partial charge is 0.191 e. The standard InChI is InChI=1S/C19H34N4O/c1-16(2)10-12-24-13-11-21-19(20-3)22-14-17-6-8-18(9-7-17)15-23(4)5/h6-9,16H,10-15H2,1-5H3,(H2,20,21,22). The highest BCUT2D eigenvalue weighted by Gasteiger charge is 2.00. The van der Waals surface area contributed by atoms with Crippen molar-refractivity contribution in [2.24, 2.45) is 10.9 Å². The summed E-state index contributed by atoms with van der Waals surface area (Å²) < 4.78 is 5.60. The summed E-state index contributed by atoms with van der Waals surface area (Å²) in [5, 5.41) is 6.60. The minimum Gasteiger partial charge on any atom is -0.380 e. The van der Waals surface area contributed by atoms with E-state index in [1.54, 1.807) is 7.05 Å². The summed E-state index contributed by atoms with van der Waals surface area (Å²) in [6, 6.07) is 8.67. The lowest BCUT2D eigenvalue weighted by molar-refractivity contribution is 0.128. The first-order valence-corrected chi connectivity index (χ1v) is 8.76. The zero-order valence-electron chi connectivity index (χ0n) is 15.9. The number of benzene rings is 1. The van der Waals surface area contributed by atoms with E-state index in [0.717, 1.165) is 38.6 Å². The van der Waals surface area contributed by atoms with Crippen LogP contribution in [0.1, 0.15) is 31.4 Å². The summed E-state index contributed by atoms with van der Waals surface area (Å²) in [6.45, 7) is 8.43. The van der Waals surface area contributed by atoms with Gasteiger partial charge in [0.2, 0.25) is 0 Å². The quantitative estimate of drug-likeness (QED) is 0.392. The van der Waals surface area contributed by atoms with Crippen LogP contribution in [0, 0.1) is 5.92 Å². The molecule has 0 spiro atoms. The van der Waals surface area contributed by atoms with Gasteiger partial charge in [-0.05, 0) is 37.6 Å². The highest BCUT2D eigenvalue weighted by atomic mass is 16.5. The van der Waals surface area contributed by atoms with Crippen molar-refractivity contribution in [1.29, 1.82) is 0 Å². The van der Waals surface area contributed by atoms with Crippen molar-refractivity contribution >= 4 is 5.96 Å². The topological polar surface area (TPSA) is 48.9 Å². The number of hydrogen-bond acceptors (Lipinski definition) is 3. The molecular weight excluding hydrogens is 300 g/mol. The Morgan fingerprint density at radius 1 is 1.08 bits per heavy atom. The number of ether oxygens (including phenoxy) is 1. The van der Waals surface area contributed by atoms with E-state index in [-0.39, 0.29) is 0 Å². The third-order valence-corrected chi connectivity index (χ3v) is 3.58. The Bertz CT molecular complexity index is 469. The molecule has 5 heteroatoms. The Morgan fingerprint density at radius 3 is 2.33 bits per heavy atom. The van der Waals surface area contributed by atoms with Crippen LogP contribution in [0.25, 0.3) is 0 Å². The maximum Gasteiger partial charge on any atom is 0.191 e. The fraction of sp³-hybridized carbons (Fsp3) is 0.632. The monoisotopic (exact) mass is 334 g/mol. The Balaban J connectivity index is 2.23. The highest BCUT2D eigenvalue weighted by molar-refractivity contribution is 5.79. The normalized spacial score (nSPS) is 12.0. The summed E-state index contributed by atoms with van der Waals surface area (Å²) in [4.78, 5) is 6.41. The van der Waals surface area contributed by atoms with E-state index in [1.165, 1.54) is 11.1 Å². The molecule has 5 nitrogen and oxygen atoms in total. The predicted octanol–water partition coefficient (Wildman–Crippen LogP) is 2.48. The van der Waals surface area contributed by atoms with Crippen molar-refractivity contribution in [3.05, 3.63) is 35.4 Å². The Labute approximate surface area is 147 Å². The Morgan fingerprint density at radius 2 is 1.75 bits per heavy atom. The SMILES string of the molecule is CN=C(NCCOCCC(C)C)NCc1ccc(CN(C)C)cc1. The van der Waals surface area contributed by atoms with Crippen LogP contribution in [0.15, 0.2) is 29.3 Å². The second-order valence-electron chi connectivity index (χ2n) is 6.70. The largest absolute Gasteiger partial charge is 0.380 e. The minimum absolute atomic E-state index is 0.691. The van der Waals surface area contributed by atoms with Crippen molar-refractivity contribution in [3.8, 4) is 0 Å². The molecule has 136 valence electrons. The van der Waals surface area contributed by atoms with Crippen molar-refractivity contribution < 1.29 is 4.74 Å². The molecule has 0 bridgehead atoms. The Kier molecular flexibility index (Phi) is 10.1. The van der Waals surface area contributed by atoms with Gasteiger partial charge in [0.05, 0.1) is 6.61 Å². The van der Waals surface area contributed by atoms with Gasteiger partial charge in [0, 0.05) is 33.3 Å². The molecule has 24 heavy (non-hydrogen) atoms. The van der Waals surface area contributed by atoms with Gasteiger partial charge in [0.1, 0.15) is 0 Å². The molecule has 0 unspecified atom stereocenters. The van der Waals surface area contributed by atoms with Crippen LogP contribution in [0.3, 0.4) is 0 Å². The first-order chi connectivity index (χ1) is 11.5. The average molecular weight is 335 g/mol. The average Bonchev–Trinajstić information content (AvgIpc) is 2.54. The van der Waals surface area contributed by atoms with Crippen molar-refractivity contribution in [3.63, 3.8) is 0 Å². The summed E-state index contributed by atoms with van der Waals surface area (Å²) in [6.07, 6.45) is 1.11. The van der Waals surface area contributed by atoms with Crippen LogP contribution >= 0.6 is 0 Å². The summed E-state index contributed by atoms with van der Waals surface area (Å²) >= 11 is 0. The highest BCUT2D eigenvalue weighted by Crippen LogP contribution is 2.06. The molecule has 0 saturated carbocycles. The Hall–Kier alpha value is -1.59. The molecule has 0 aliphatic carbocycles. The van der Waals surface area contributed by atoms with Gasteiger partial charge in [-0.15, -0.1) is 0 Å². The summed E-state index contributed by atoms with van der Waals surface area (Å²) in [5.74, 6) is 1.50. The molecule has 1 aromatic rings. The molecule has 0 aromatic heterocycles. The summed E-state index contributed by atoms with van der Waals surface area (Å²) in [5.41, 5.74) is 2.57. The van der Waals surface area contributed by atoms with Gasteiger partial charge in [-0.2, -0.15) is 0 Å². The van der Waals surface area contributed by atoms with Gasteiger partial charge in [0.25, 0.3) is 0 Å². The third-order valence-electron chi connectivity index (χ3n) is 3.58. The number of hydrogen-bond donors (Lipinski definition) is 2. The van der Waals surface area contributed by atoms with Crippen LogP contribution in [0.5, 0.6) is 0 Å². The van der Waals surface area contributed by atoms with Crippen LogP contribution < -0.4 is 10.6 Å². The molecule has 0 amide bonds. The first-order valence-electron chi connectivity index (χ1n) is 8.76. The maximum absolute atomic E-state index is 5.60. The van der Waals surface area contributed by atoms with E-state index in [4.69, 9.17) is 4.74 Å². The van der Waals surface area contributed by atoms with Crippen LogP contribution in [0.4, 0.5) is 0 Å². The third kappa shape index (κ3) is 9.53. The lowest BCUT2D eigenvalue weighted by Gasteiger charge is -2.13. The molecule has 2 N–H and O–H groups in total. The number of rotatable bonds is 10. The fourth-order valence-electron chi connectivity index (χ4n) is 2.20. The van der Waals surface area contributed by atoms with Gasteiger partial charge in [-0.1, -0.05) is 38.1 Å². The number of guanidine groups is 1. The molecule has 0 radical (unpaired) electrons. The van der Waals surface area contributed by atoms with E-state index in [2.05, 4.69) is 72.7 Å². The van der Waals surface area contributed by atoms with Gasteiger partial charge >= 0.3 is 0 Å². The molecule has 0 fully saturated rings. The molecule has 0 atom stereocenters. The van der Waals surface area contributed by atoms with E-state index in [0.29, 0.717) is 12.5 Å².